The lowest BCUT2D eigenvalue weighted by atomic mass is 10.1. The first-order valence-corrected chi connectivity index (χ1v) is 11.4. The number of furan rings is 1. The lowest BCUT2D eigenvalue weighted by Gasteiger charge is -2.29. The van der Waals surface area contributed by atoms with Crippen LogP contribution in [-0.2, 0) is 14.8 Å². The fourth-order valence-corrected chi connectivity index (χ4v) is 5.42. The van der Waals surface area contributed by atoms with E-state index in [9.17, 15) is 13.2 Å². The first kappa shape index (κ1) is 20.1. The molecule has 1 aliphatic heterocycles. The topological polar surface area (TPSA) is 80.1 Å². The summed E-state index contributed by atoms with van der Waals surface area (Å²) in [5.74, 6) is 0.549. The smallest absolute Gasteiger partial charge is 0.254 e. The highest BCUT2D eigenvalue weighted by molar-refractivity contribution is 7.89. The molecule has 8 heteroatoms. The van der Waals surface area contributed by atoms with Crippen LogP contribution in [0, 0.1) is 6.92 Å². The Balaban J connectivity index is 1.66. The molecule has 0 spiro atoms. The van der Waals surface area contributed by atoms with Crippen LogP contribution in [0.1, 0.15) is 47.5 Å². The van der Waals surface area contributed by atoms with Gasteiger partial charge in [0.2, 0.25) is 10.0 Å². The third-order valence-electron chi connectivity index (χ3n) is 5.57. The van der Waals surface area contributed by atoms with Crippen molar-refractivity contribution in [3.05, 3.63) is 53.5 Å². The quantitative estimate of drug-likeness (QED) is 0.721. The lowest BCUT2D eigenvalue weighted by Crippen LogP contribution is -2.41. The van der Waals surface area contributed by atoms with Crippen LogP contribution in [0.25, 0.3) is 0 Å². The Morgan fingerprint density at radius 2 is 1.93 bits per heavy atom. The highest BCUT2D eigenvalue weighted by atomic mass is 32.2. The van der Waals surface area contributed by atoms with E-state index in [4.69, 9.17) is 9.15 Å². The van der Waals surface area contributed by atoms with Gasteiger partial charge in [-0.2, -0.15) is 4.31 Å². The zero-order valence-corrected chi connectivity index (χ0v) is 17.5. The van der Waals surface area contributed by atoms with Crippen LogP contribution < -0.4 is 0 Å². The fourth-order valence-electron chi connectivity index (χ4n) is 3.76. The van der Waals surface area contributed by atoms with Crippen LogP contribution in [0.4, 0.5) is 0 Å². The number of nitrogens with zero attached hydrogens (tertiary/aromatic N) is 2. The van der Waals surface area contributed by atoms with Gasteiger partial charge in [-0.15, -0.1) is 0 Å². The van der Waals surface area contributed by atoms with Crippen LogP contribution in [0.3, 0.4) is 0 Å². The van der Waals surface area contributed by atoms with Gasteiger partial charge in [0.15, 0.2) is 0 Å². The molecule has 1 unspecified atom stereocenters. The number of hydrogen-bond acceptors (Lipinski definition) is 5. The number of aryl methyl sites for hydroxylation is 1. The Morgan fingerprint density at radius 1 is 1.21 bits per heavy atom. The van der Waals surface area contributed by atoms with E-state index < -0.39 is 10.0 Å². The van der Waals surface area contributed by atoms with Crippen molar-refractivity contribution in [1.82, 2.24) is 9.21 Å². The van der Waals surface area contributed by atoms with Crippen molar-refractivity contribution in [1.29, 1.82) is 0 Å². The third kappa shape index (κ3) is 3.97. The van der Waals surface area contributed by atoms with E-state index in [1.165, 1.54) is 10.4 Å². The number of benzene rings is 1. The van der Waals surface area contributed by atoms with E-state index in [-0.39, 0.29) is 22.9 Å². The van der Waals surface area contributed by atoms with Gasteiger partial charge in [-0.3, -0.25) is 4.79 Å². The van der Waals surface area contributed by atoms with Crippen molar-refractivity contribution in [3.63, 3.8) is 0 Å². The van der Waals surface area contributed by atoms with Crippen molar-refractivity contribution in [2.75, 3.05) is 26.3 Å². The molecule has 2 fully saturated rings. The summed E-state index contributed by atoms with van der Waals surface area (Å²) in [5.41, 5.74) is 1.01. The van der Waals surface area contributed by atoms with Gasteiger partial charge >= 0.3 is 0 Å². The third-order valence-corrected chi connectivity index (χ3v) is 7.61. The number of sulfonamides is 1. The molecule has 1 amide bonds. The van der Waals surface area contributed by atoms with Crippen molar-refractivity contribution in [2.24, 2.45) is 0 Å². The summed E-state index contributed by atoms with van der Waals surface area (Å²) in [6.07, 6.45) is 3.49. The molecule has 2 aliphatic rings. The van der Waals surface area contributed by atoms with Gasteiger partial charge in [0.1, 0.15) is 5.76 Å². The van der Waals surface area contributed by atoms with E-state index in [0.29, 0.717) is 37.4 Å². The number of morpholine rings is 1. The molecule has 0 radical (unpaired) electrons. The molecule has 0 bridgehead atoms. The highest BCUT2D eigenvalue weighted by Gasteiger charge is 2.38. The molecule has 2 heterocycles. The Kier molecular flexibility index (Phi) is 5.50. The van der Waals surface area contributed by atoms with E-state index >= 15 is 0 Å². The second kappa shape index (κ2) is 7.93. The minimum atomic E-state index is -3.68. The van der Waals surface area contributed by atoms with Gasteiger partial charge in [-0.1, -0.05) is 6.07 Å². The Labute approximate surface area is 171 Å². The molecule has 29 heavy (non-hydrogen) atoms. The summed E-state index contributed by atoms with van der Waals surface area (Å²) in [7, 11) is -3.68. The van der Waals surface area contributed by atoms with Gasteiger partial charge in [-0.05, 0) is 56.5 Å². The van der Waals surface area contributed by atoms with E-state index in [2.05, 4.69) is 0 Å². The number of carbonyl (C=O) groups is 1. The summed E-state index contributed by atoms with van der Waals surface area (Å²) in [4.78, 5) is 15.4. The molecule has 1 saturated heterocycles. The number of ether oxygens (including phenoxy) is 1. The lowest BCUT2D eigenvalue weighted by molar-refractivity contribution is 0.0652. The maximum absolute atomic E-state index is 13.4. The number of hydrogen-bond donors (Lipinski definition) is 0. The van der Waals surface area contributed by atoms with Crippen LogP contribution >= 0.6 is 0 Å². The average Bonchev–Trinajstić information content (AvgIpc) is 3.40. The van der Waals surface area contributed by atoms with E-state index in [1.807, 2.05) is 17.9 Å². The normalized spacial score (nSPS) is 19.1. The van der Waals surface area contributed by atoms with Gasteiger partial charge < -0.3 is 14.1 Å². The van der Waals surface area contributed by atoms with Gasteiger partial charge in [0, 0.05) is 24.7 Å². The molecular weight excluding hydrogens is 392 g/mol. The highest BCUT2D eigenvalue weighted by Crippen LogP contribution is 2.36. The van der Waals surface area contributed by atoms with Crippen molar-refractivity contribution in [3.8, 4) is 0 Å². The van der Waals surface area contributed by atoms with Crippen molar-refractivity contribution >= 4 is 15.9 Å². The second-order valence-corrected chi connectivity index (χ2v) is 9.54. The summed E-state index contributed by atoms with van der Waals surface area (Å²) in [5, 5.41) is 0. The summed E-state index contributed by atoms with van der Waals surface area (Å²) in [6.45, 7) is 5.10. The minimum absolute atomic E-state index is 0.156. The zero-order chi connectivity index (χ0) is 20.6. The maximum atomic E-state index is 13.4. The van der Waals surface area contributed by atoms with Gasteiger partial charge in [0.05, 0.1) is 30.4 Å². The van der Waals surface area contributed by atoms with Crippen molar-refractivity contribution in [2.45, 2.75) is 43.7 Å². The molecule has 2 aromatic rings. The Bertz CT molecular complexity index is 977. The van der Waals surface area contributed by atoms with E-state index in [0.717, 1.165) is 18.6 Å². The molecular formula is C21H26N2O5S. The summed E-state index contributed by atoms with van der Waals surface area (Å²) < 4.78 is 38.5. The standard InChI is InChI=1S/C21H26N2O5S/c1-15-5-6-17(14-20(15)29(25,26)22-9-12-27-13-10-22)21(24)23(18-7-8-18)16(2)19-4-3-11-28-19/h3-6,11,14,16,18H,7-10,12-13H2,1-2H3. The summed E-state index contributed by atoms with van der Waals surface area (Å²) >= 11 is 0. The first-order chi connectivity index (χ1) is 13.9. The van der Waals surface area contributed by atoms with Crippen molar-refractivity contribution < 1.29 is 22.4 Å². The first-order valence-electron chi connectivity index (χ1n) is 9.94. The fraction of sp³-hybridized carbons (Fsp3) is 0.476. The maximum Gasteiger partial charge on any atom is 0.254 e. The Morgan fingerprint density at radius 3 is 2.55 bits per heavy atom. The molecule has 1 aromatic carbocycles. The van der Waals surface area contributed by atoms with Crippen LogP contribution in [0.15, 0.2) is 45.9 Å². The van der Waals surface area contributed by atoms with Gasteiger partial charge in [0.25, 0.3) is 5.91 Å². The molecule has 0 N–H and O–H groups in total. The molecule has 1 saturated carbocycles. The Hall–Kier alpha value is -2.16. The number of rotatable bonds is 6. The minimum Gasteiger partial charge on any atom is -0.467 e. The van der Waals surface area contributed by atoms with Crippen LogP contribution in [-0.4, -0.2) is 55.9 Å². The molecule has 156 valence electrons. The molecule has 4 rings (SSSR count). The molecule has 7 nitrogen and oxygen atoms in total. The van der Waals surface area contributed by atoms with Crippen LogP contribution in [0.5, 0.6) is 0 Å². The predicted octanol–water partition coefficient (Wildman–Crippen LogP) is 2.97. The second-order valence-electron chi connectivity index (χ2n) is 7.63. The average molecular weight is 419 g/mol. The van der Waals surface area contributed by atoms with Crippen LogP contribution in [0.2, 0.25) is 0 Å². The molecule has 1 aromatic heterocycles. The molecule has 1 aliphatic carbocycles. The number of amides is 1. The summed E-state index contributed by atoms with van der Waals surface area (Å²) in [6, 6.07) is 8.54. The van der Waals surface area contributed by atoms with Gasteiger partial charge in [-0.25, -0.2) is 8.42 Å². The predicted molar refractivity (Wildman–Crippen MR) is 107 cm³/mol. The largest absolute Gasteiger partial charge is 0.467 e. The van der Waals surface area contributed by atoms with E-state index in [1.54, 1.807) is 31.4 Å². The zero-order valence-electron chi connectivity index (χ0n) is 16.7. The molecule has 1 atom stereocenters. The SMILES string of the molecule is Cc1ccc(C(=O)N(C2CC2)C(C)c2ccco2)cc1S(=O)(=O)N1CCOCC1. The monoisotopic (exact) mass is 418 g/mol. The number of carbonyl (C=O) groups excluding carboxylic acids is 1.